The van der Waals surface area contributed by atoms with E-state index in [0.717, 1.165) is 0 Å². The lowest BCUT2D eigenvalue weighted by molar-refractivity contribution is 0.132. The van der Waals surface area contributed by atoms with Crippen LogP contribution in [0.15, 0.2) is 0 Å². The lowest BCUT2D eigenvalue weighted by Gasteiger charge is -2.11. The van der Waals surface area contributed by atoms with Crippen LogP contribution in [0.4, 0.5) is 4.79 Å². The first-order valence-corrected chi connectivity index (χ1v) is 7.32. The molecule has 94 valence electrons. The summed E-state index contributed by atoms with van der Waals surface area (Å²) < 4.78 is 27.2. The molecule has 1 amide bonds. The van der Waals surface area contributed by atoms with Crippen LogP contribution >= 0.6 is 0 Å². The molecule has 1 aliphatic rings. The van der Waals surface area contributed by atoms with Crippen LogP contribution in [-0.4, -0.2) is 39.2 Å². The van der Waals surface area contributed by atoms with Crippen LogP contribution in [0.3, 0.4) is 0 Å². The fourth-order valence-electron chi connectivity index (χ4n) is 1.55. The van der Waals surface area contributed by atoms with Gasteiger partial charge in [0, 0.05) is 6.54 Å². The molecule has 0 bridgehead atoms. The lowest BCUT2D eigenvalue weighted by Crippen LogP contribution is -2.31. The number of nitrogens with one attached hydrogen (secondary N) is 1. The van der Waals surface area contributed by atoms with Crippen molar-refractivity contribution in [2.24, 2.45) is 11.8 Å². The number of ether oxygens (including phenoxy) is 1. The summed E-state index contributed by atoms with van der Waals surface area (Å²) in [5.41, 5.74) is 0. The van der Waals surface area contributed by atoms with Gasteiger partial charge in [0.2, 0.25) is 0 Å². The molecule has 0 aliphatic carbocycles. The smallest absolute Gasteiger partial charge is 0.407 e. The van der Waals surface area contributed by atoms with E-state index in [4.69, 9.17) is 4.74 Å². The van der Waals surface area contributed by atoms with Crippen LogP contribution < -0.4 is 5.32 Å². The molecule has 1 fully saturated rings. The van der Waals surface area contributed by atoms with E-state index < -0.39 is 15.9 Å². The first-order chi connectivity index (χ1) is 7.39. The summed E-state index contributed by atoms with van der Waals surface area (Å²) in [5.74, 6) is 0.756. The minimum Gasteiger partial charge on any atom is -0.449 e. The standard InChI is InChI=1S/C10H19NO4S/c1-8(2)6-15-10(12)11-5-9-3-4-16(13,14)7-9/h8-9H,3-7H2,1-2H3,(H,11,12)/t9-/m0/s1. The van der Waals surface area contributed by atoms with Crippen molar-refractivity contribution in [3.63, 3.8) is 0 Å². The number of amides is 1. The minimum atomic E-state index is -2.86. The molecule has 1 atom stereocenters. The number of sulfone groups is 1. The van der Waals surface area contributed by atoms with Gasteiger partial charge in [-0.05, 0) is 18.3 Å². The summed E-state index contributed by atoms with van der Waals surface area (Å²) in [7, 11) is -2.86. The Morgan fingerprint density at radius 3 is 2.69 bits per heavy atom. The molecule has 16 heavy (non-hydrogen) atoms. The number of hydrogen-bond acceptors (Lipinski definition) is 4. The molecule has 1 N–H and O–H groups in total. The van der Waals surface area contributed by atoms with Gasteiger partial charge < -0.3 is 10.1 Å². The van der Waals surface area contributed by atoms with Gasteiger partial charge in [-0.25, -0.2) is 13.2 Å². The van der Waals surface area contributed by atoms with Gasteiger partial charge in [0.05, 0.1) is 18.1 Å². The number of carbonyl (C=O) groups excluding carboxylic acids is 1. The van der Waals surface area contributed by atoms with Gasteiger partial charge in [-0.1, -0.05) is 13.8 Å². The van der Waals surface area contributed by atoms with E-state index in [0.29, 0.717) is 25.5 Å². The molecule has 1 saturated heterocycles. The zero-order chi connectivity index (χ0) is 12.2. The van der Waals surface area contributed by atoms with Crippen LogP contribution in [0.5, 0.6) is 0 Å². The summed E-state index contributed by atoms with van der Waals surface area (Å²) in [6.07, 6.45) is 0.172. The second-order valence-electron chi connectivity index (χ2n) is 4.64. The molecule has 0 aromatic heterocycles. The van der Waals surface area contributed by atoms with E-state index in [1.165, 1.54) is 0 Å². The van der Waals surface area contributed by atoms with Gasteiger partial charge in [-0.15, -0.1) is 0 Å². The fraction of sp³-hybridized carbons (Fsp3) is 0.900. The predicted octanol–water partition coefficient (Wildman–Crippen LogP) is 0.803. The van der Waals surface area contributed by atoms with E-state index in [2.05, 4.69) is 5.32 Å². The number of carbonyl (C=O) groups is 1. The second-order valence-corrected chi connectivity index (χ2v) is 6.87. The molecule has 1 heterocycles. The predicted molar refractivity (Wildman–Crippen MR) is 60.9 cm³/mol. The van der Waals surface area contributed by atoms with Crippen molar-refractivity contribution in [1.29, 1.82) is 0 Å². The van der Waals surface area contributed by atoms with Crippen molar-refractivity contribution in [3.05, 3.63) is 0 Å². The molecular weight excluding hydrogens is 230 g/mol. The zero-order valence-electron chi connectivity index (χ0n) is 9.73. The van der Waals surface area contributed by atoms with Crippen molar-refractivity contribution in [2.75, 3.05) is 24.7 Å². The third kappa shape index (κ3) is 4.83. The molecule has 0 saturated carbocycles. The Morgan fingerprint density at radius 2 is 2.19 bits per heavy atom. The second kappa shape index (κ2) is 5.52. The summed E-state index contributed by atoms with van der Waals surface area (Å²) in [4.78, 5) is 11.2. The maximum Gasteiger partial charge on any atom is 0.407 e. The lowest BCUT2D eigenvalue weighted by atomic mass is 10.1. The molecule has 1 aliphatic heterocycles. The highest BCUT2D eigenvalue weighted by Crippen LogP contribution is 2.17. The molecule has 6 heteroatoms. The molecular formula is C10H19NO4S. The van der Waals surface area contributed by atoms with Gasteiger partial charge in [-0.2, -0.15) is 0 Å². The van der Waals surface area contributed by atoms with Crippen LogP contribution in [-0.2, 0) is 14.6 Å². The molecule has 0 spiro atoms. The Bertz CT molecular complexity index is 337. The van der Waals surface area contributed by atoms with E-state index in [-0.39, 0.29) is 17.4 Å². The van der Waals surface area contributed by atoms with Crippen molar-refractivity contribution >= 4 is 15.9 Å². The number of hydrogen-bond donors (Lipinski definition) is 1. The SMILES string of the molecule is CC(C)COC(=O)NC[C@@H]1CCS(=O)(=O)C1. The third-order valence-electron chi connectivity index (χ3n) is 2.41. The molecule has 1 rings (SSSR count). The Balaban J connectivity index is 2.18. The highest BCUT2D eigenvalue weighted by molar-refractivity contribution is 7.91. The average molecular weight is 249 g/mol. The Labute approximate surface area is 96.5 Å². The summed E-state index contributed by atoms with van der Waals surface area (Å²) >= 11 is 0. The average Bonchev–Trinajstić information content (AvgIpc) is 2.52. The zero-order valence-corrected chi connectivity index (χ0v) is 10.5. The minimum absolute atomic E-state index is 0.0385. The van der Waals surface area contributed by atoms with Gasteiger partial charge in [0.25, 0.3) is 0 Å². The van der Waals surface area contributed by atoms with Crippen LogP contribution in [0, 0.1) is 11.8 Å². The van der Waals surface area contributed by atoms with E-state index in [9.17, 15) is 13.2 Å². The maximum atomic E-state index is 11.2. The topological polar surface area (TPSA) is 72.5 Å². The largest absolute Gasteiger partial charge is 0.449 e. The Hall–Kier alpha value is -0.780. The Morgan fingerprint density at radius 1 is 1.50 bits per heavy atom. The first kappa shape index (κ1) is 13.3. The first-order valence-electron chi connectivity index (χ1n) is 5.50. The summed E-state index contributed by atoms with van der Waals surface area (Å²) in [6.45, 7) is 4.68. The molecule has 5 nitrogen and oxygen atoms in total. The van der Waals surface area contributed by atoms with Crippen LogP contribution in [0.2, 0.25) is 0 Å². The summed E-state index contributed by atoms with van der Waals surface area (Å²) in [5, 5.41) is 2.59. The van der Waals surface area contributed by atoms with E-state index >= 15 is 0 Å². The highest BCUT2D eigenvalue weighted by Gasteiger charge is 2.27. The maximum absolute atomic E-state index is 11.2. The normalized spacial score (nSPS) is 23.3. The fourth-order valence-corrected chi connectivity index (χ4v) is 3.42. The Kier molecular flexibility index (Phi) is 4.58. The number of rotatable bonds is 4. The number of alkyl carbamates (subject to hydrolysis) is 1. The monoisotopic (exact) mass is 249 g/mol. The quantitative estimate of drug-likeness (QED) is 0.800. The van der Waals surface area contributed by atoms with Crippen molar-refractivity contribution < 1.29 is 17.9 Å². The third-order valence-corrected chi connectivity index (χ3v) is 4.25. The van der Waals surface area contributed by atoms with Gasteiger partial charge in [-0.3, -0.25) is 0 Å². The molecule has 0 aromatic carbocycles. The van der Waals surface area contributed by atoms with Crippen LogP contribution in [0.1, 0.15) is 20.3 Å². The molecule has 0 radical (unpaired) electrons. The van der Waals surface area contributed by atoms with Crippen molar-refractivity contribution in [1.82, 2.24) is 5.32 Å². The van der Waals surface area contributed by atoms with Gasteiger partial charge in [0.1, 0.15) is 0 Å². The van der Waals surface area contributed by atoms with Crippen molar-refractivity contribution in [3.8, 4) is 0 Å². The van der Waals surface area contributed by atoms with E-state index in [1.807, 2.05) is 13.8 Å². The van der Waals surface area contributed by atoms with Gasteiger partial charge in [0.15, 0.2) is 9.84 Å². The van der Waals surface area contributed by atoms with Crippen molar-refractivity contribution in [2.45, 2.75) is 20.3 Å². The van der Waals surface area contributed by atoms with E-state index in [1.54, 1.807) is 0 Å². The van der Waals surface area contributed by atoms with Gasteiger partial charge >= 0.3 is 6.09 Å². The molecule has 0 aromatic rings. The summed E-state index contributed by atoms with van der Waals surface area (Å²) in [6, 6.07) is 0. The molecule has 0 unspecified atom stereocenters. The highest BCUT2D eigenvalue weighted by atomic mass is 32.2. The van der Waals surface area contributed by atoms with Crippen LogP contribution in [0.25, 0.3) is 0 Å².